The molecule has 0 N–H and O–H groups in total. The van der Waals surface area contributed by atoms with Crippen molar-refractivity contribution in [2.45, 2.75) is 19.0 Å². The van der Waals surface area contributed by atoms with E-state index in [1.54, 1.807) is 29.2 Å². The quantitative estimate of drug-likeness (QED) is 0.640. The Labute approximate surface area is 181 Å². The summed E-state index contributed by atoms with van der Waals surface area (Å²) in [6, 6.07) is 9.85. The van der Waals surface area contributed by atoms with E-state index in [-0.39, 0.29) is 24.0 Å². The number of carbonyl (C=O) groups excluding carboxylic acids is 1. The largest absolute Gasteiger partial charge is 0.493 e. The number of methoxy groups -OCH3 is 3. The molecule has 3 rings (SSSR count). The van der Waals surface area contributed by atoms with Crippen LogP contribution < -0.4 is 14.2 Å². The molecule has 1 heterocycles. The van der Waals surface area contributed by atoms with Crippen molar-refractivity contribution in [2.24, 2.45) is 0 Å². The molecule has 9 heteroatoms. The lowest BCUT2D eigenvalue weighted by atomic mass is 10.1. The average molecular weight is 454 g/mol. The first kappa shape index (κ1) is 22.2. The molecular formula is C21H24ClNO6S. The van der Waals surface area contributed by atoms with E-state index in [1.165, 1.54) is 21.3 Å². The number of sulfone groups is 1. The van der Waals surface area contributed by atoms with Gasteiger partial charge in [-0.15, -0.1) is 0 Å². The maximum absolute atomic E-state index is 13.5. The van der Waals surface area contributed by atoms with Crippen molar-refractivity contribution in [3.05, 3.63) is 52.5 Å². The lowest BCUT2D eigenvalue weighted by molar-refractivity contribution is 0.0680. The first-order chi connectivity index (χ1) is 14.3. The van der Waals surface area contributed by atoms with Crippen LogP contribution in [-0.4, -0.2) is 58.1 Å². The van der Waals surface area contributed by atoms with Crippen molar-refractivity contribution >= 4 is 27.3 Å². The van der Waals surface area contributed by atoms with Gasteiger partial charge in [0, 0.05) is 23.2 Å². The van der Waals surface area contributed by atoms with E-state index >= 15 is 0 Å². The highest BCUT2D eigenvalue weighted by molar-refractivity contribution is 7.91. The van der Waals surface area contributed by atoms with Crippen molar-refractivity contribution in [1.29, 1.82) is 0 Å². The molecule has 0 bridgehead atoms. The third kappa shape index (κ3) is 4.82. The predicted molar refractivity (Wildman–Crippen MR) is 114 cm³/mol. The van der Waals surface area contributed by atoms with E-state index in [1.807, 2.05) is 12.1 Å². The molecule has 0 aliphatic carbocycles. The number of hydrogen-bond acceptors (Lipinski definition) is 6. The molecule has 0 spiro atoms. The van der Waals surface area contributed by atoms with Gasteiger partial charge in [-0.3, -0.25) is 4.79 Å². The molecule has 2 aromatic carbocycles. The normalized spacial score (nSPS) is 17.4. The highest BCUT2D eigenvalue weighted by atomic mass is 35.5. The van der Waals surface area contributed by atoms with Gasteiger partial charge in [0.1, 0.15) is 0 Å². The fourth-order valence-electron chi connectivity index (χ4n) is 3.54. The fourth-order valence-corrected chi connectivity index (χ4v) is 5.40. The third-order valence-corrected chi connectivity index (χ3v) is 7.09. The Morgan fingerprint density at radius 3 is 2.13 bits per heavy atom. The molecule has 0 saturated carbocycles. The van der Waals surface area contributed by atoms with Crippen LogP contribution in [-0.2, 0) is 16.4 Å². The number of amides is 1. The van der Waals surface area contributed by atoms with Gasteiger partial charge >= 0.3 is 0 Å². The summed E-state index contributed by atoms with van der Waals surface area (Å²) >= 11 is 5.97. The van der Waals surface area contributed by atoms with Crippen molar-refractivity contribution in [2.75, 3.05) is 32.8 Å². The molecular weight excluding hydrogens is 430 g/mol. The number of hydrogen-bond donors (Lipinski definition) is 0. The van der Waals surface area contributed by atoms with Crippen molar-refractivity contribution < 1.29 is 27.4 Å². The third-order valence-electron chi connectivity index (χ3n) is 5.09. The standard InChI is InChI=1S/C21H24ClNO6S/c1-27-18-10-15(11-19(28-2)20(18)29-3)21(24)23(17-8-9-30(25,26)13-17)12-14-4-6-16(22)7-5-14/h4-7,10-11,17H,8-9,12-13H2,1-3H3/t17-/m0/s1. The second-order valence-electron chi connectivity index (χ2n) is 7.03. The van der Waals surface area contributed by atoms with Crippen LogP contribution in [0.2, 0.25) is 5.02 Å². The summed E-state index contributed by atoms with van der Waals surface area (Å²) in [6.07, 6.45) is 0.395. The number of nitrogens with zero attached hydrogens (tertiary/aromatic N) is 1. The van der Waals surface area contributed by atoms with Gasteiger partial charge in [-0.05, 0) is 36.2 Å². The van der Waals surface area contributed by atoms with Crippen LogP contribution in [0.1, 0.15) is 22.3 Å². The maximum atomic E-state index is 13.5. The molecule has 7 nitrogen and oxygen atoms in total. The second kappa shape index (κ2) is 9.14. The van der Waals surface area contributed by atoms with Crippen LogP contribution in [0.25, 0.3) is 0 Å². The van der Waals surface area contributed by atoms with E-state index in [0.29, 0.717) is 34.3 Å². The summed E-state index contributed by atoms with van der Waals surface area (Å²) in [6.45, 7) is 0.257. The first-order valence-electron chi connectivity index (χ1n) is 9.34. The Bertz CT molecular complexity index is 997. The minimum Gasteiger partial charge on any atom is -0.493 e. The van der Waals surface area contributed by atoms with Gasteiger partial charge in [0.25, 0.3) is 5.91 Å². The van der Waals surface area contributed by atoms with Crippen molar-refractivity contribution in [3.8, 4) is 17.2 Å². The molecule has 30 heavy (non-hydrogen) atoms. The monoisotopic (exact) mass is 453 g/mol. The van der Waals surface area contributed by atoms with Crippen molar-refractivity contribution in [3.63, 3.8) is 0 Å². The van der Waals surface area contributed by atoms with Crippen LogP contribution in [0.3, 0.4) is 0 Å². The molecule has 0 aromatic heterocycles. The van der Waals surface area contributed by atoms with Gasteiger partial charge < -0.3 is 19.1 Å². The van der Waals surface area contributed by atoms with Crippen LogP contribution >= 0.6 is 11.6 Å². The van der Waals surface area contributed by atoms with Crippen LogP contribution in [0, 0.1) is 0 Å². The minimum absolute atomic E-state index is 0.0588. The summed E-state index contributed by atoms with van der Waals surface area (Å²) in [5, 5.41) is 0.588. The Morgan fingerprint density at radius 1 is 1.07 bits per heavy atom. The SMILES string of the molecule is COc1cc(C(=O)N(Cc2ccc(Cl)cc2)[C@H]2CCS(=O)(=O)C2)cc(OC)c1OC. The van der Waals surface area contributed by atoms with E-state index in [9.17, 15) is 13.2 Å². The molecule has 2 aromatic rings. The van der Waals surface area contributed by atoms with E-state index in [0.717, 1.165) is 5.56 Å². The lowest BCUT2D eigenvalue weighted by Crippen LogP contribution is -2.40. The molecule has 162 valence electrons. The Kier molecular flexibility index (Phi) is 6.77. The Hall–Kier alpha value is -2.45. The number of rotatable bonds is 7. The zero-order valence-corrected chi connectivity index (χ0v) is 18.6. The number of carbonyl (C=O) groups is 1. The number of benzene rings is 2. The summed E-state index contributed by atoms with van der Waals surface area (Å²) in [5.74, 6) is 0.778. The van der Waals surface area contributed by atoms with Gasteiger partial charge in [-0.2, -0.15) is 0 Å². The second-order valence-corrected chi connectivity index (χ2v) is 9.70. The van der Waals surface area contributed by atoms with Crippen molar-refractivity contribution in [1.82, 2.24) is 4.90 Å². The Balaban J connectivity index is 2.00. The predicted octanol–water partition coefficient (Wildman–Crippen LogP) is 3.20. The topological polar surface area (TPSA) is 82.1 Å². The summed E-state index contributed by atoms with van der Waals surface area (Å²) in [7, 11) is 1.25. The minimum atomic E-state index is -3.18. The molecule has 0 unspecified atom stereocenters. The molecule has 1 amide bonds. The van der Waals surface area contributed by atoms with Crippen LogP contribution in [0.15, 0.2) is 36.4 Å². The number of halogens is 1. The average Bonchev–Trinajstić information content (AvgIpc) is 3.10. The summed E-state index contributed by atoms with van der Waals surface area (Å²) in [4.78, 5) is 15.1. The van der Waals surface area contributed by atoms with E-state index in [2.05, 4.69) is 0 Å². The summed E-state index contributed by atoms with van der Waals surface area (Å²) in [5.41, 5.74) is 1.17. The summed E-state index contributed by atoms with van der Waals surface area (Å²) < 4.78 is 40.2. The van der Waals surface area contributed by atoms with E-state index < -0.39 is 15.9 Å². The van der Waals surface area contributed by atoms with Gasteiger partial charge in [-0.25, -0.2) is 8.42 Å². The van der Waals surface area contributed by atoms with Gasteiger partial charge in [-0.1, -0.05) is 23.7 Å². The van der Waals surface area contributed by atoms with Crippen LogP contribution in [0.4, 0.5) is 0 Å². The smallest absolute Gasteiger partial charge is 0.254 e. The molecule has 1 fully saturated rings. The Morgan fingerprint density at radius 2 is 1.67 bits per heavy atom. The lowest BCUT2D eigenvalue weighted by Gasteiger charge is -2.29. The van der Waals surface area contributed by atoms with Crippen LogP contribution in [0.5, 0.6) is 17.2 Å². The molecule has 1 atom stereocenters. The fraction of sp³-hybridized carbons (Fsp3) is 0.381. The molecule has 1 saturated heterocycles. The first-order valence-corrected chi connectivity index (χ1v) is 11.5. The highest BCUT2D eigenvalue weighted by Crippen LogP contribution is 2.39. The zero-order valence-electron chi connectivity index (χ0n) is 17.1. The molecule has 0 radical (unpaired) electrons. The zero-order chi connectivity index (χ0) is 21.9. The van der Waals surface area contributed by atoms with Gasteiger partial charge in [0.2, 0.25) is 5.75 Å². The highest BCUT2D eigenvalue weighted by Gasteiger charge is 2.35. The van der Waals surface area contributed by atoms with Gasteiger partial charge in [0.05, 0.1) is 32.8 Å². The number of ether oxygens (including phenoxy) is 3. The maximum Gasteiger partial charge on any atom is 0.254 e. The molecule has 1 aliphatic rings. The molecule has 1 aliphatic heterocycles. The van der Waals surface area contributed by atoms with Gasteiger partial charge in [0.15, 0.2) is 21.3 Å². The van der Waals surface area contributed by atoms with E-state index in [4.69, 9.17) is 25.8 Å².